The maximum atomic E-state index is 12.6. The van der Waals surface area contributed by atoms with Crippen LogP contribution in [0, 0.1) is 17.2 Å². The lowest BCUT2D eigenvalue weighted by Crippen LogP contribution is -2.44. The molecule has 1 unspecified atom stereocenters. The Morgan fingerprint density at radius 1 is 1.17 bits per heavy atom. The van der Waals surface area contributed by atoms with Gasteiger partial charge in [-0.1, -0.05) is 13.8 Å². The second-order valence-electron chi connectivity index (χ2n) is 5.63. The molecule has 1 aliphatic rings. The fourth-order valence-corrected chi connectivity index (χ4v) is 5.87. The minimum atomic E-state index is -0.620. The second-order valence-corrected chi connectivity index (χ2v) is 8.77. The largest absolute Gasteiger partial charge is 0.377 e. The highest BCUT2D eigenvalue weighted by atomic mass is 32.2. The fourth-order valence-electron chi connectivity index (χ4n) is 3.09. The van der Waals surface area contributed by atoms with Crippen molar-refractivity contribution >= 4 is 41.3 Å². The van der Waals surface area contributed by atoms with Crippen LogP contribution in [0.15, 0.2) is 0 Å². The van der Waals surface area contributed by atoms with Gasteiger partial charge in [-0.25, -0.2) is 0 Å². The quantitative estimate of drug-likeness (QED) is 0.345. The van der Waals surface area contributed by atoms with Crippen LogP contribution in [0.2, 0.25) is 0 Å². The van der Waals surface area contributed by atoms with Crippen LogP contribution in [0.1, 0.15) is 46.5 Å². The highest BCUT2D eigenvalue weighted by molar-refractivity contribution is 8.17. The van der Waals surface area contributed by atoms with Gasteiger partial charge in [-0.3, -0.25) is 9.59 Å². The topological polar surface area (TPSA) is 67.2 Å². The summed E-state index contributed by atoms with van der Waals surface area (Å²) in [6.07, 6.45) is 3.04. The molecule has 23 heavy (non-hydrogen) atoms. The molecular formula is C17H29NO3S2. The predicted molar refractivity (Wildman–Crippen MR) is 99.7 cm³/mol. The number of Topliss-reactive ketones (excluding diaryl/α,β-unsaturated/α-hetero) is 2. The Balaban J connectivity index is 2.79. The van der Waals surface area contributed by atoms with Crippen LogP contribution < -0.4 is 0 Å². The number of ketones is 2. The van der Waals surface area contributed by atoms with E-state index in [1.807, 2.05) is 30.4 Å². The van der Waals surface area contributed by atoms with Crippen molar-refractivity contribution in [3.05, 3.63) is 0 Å². The van der Waals surface area contributed by atoms with Gasteiger partial charge in [0.05, 0.1) is 10.7 Å². The van der Waals surface area contributed by atoms with Crippen LogP contribution in [0.4, 0.5) is 0 Å². The number of rotatable bonds is 11. The van der Waals surface area contributed by atoms with E-state index in [1.54, 1.807) is 0 Å². The average Bonchev–Trinajstić information content (AvgIpc) is 2.51. The first kappa shape index (κ1) is 20.7. The second kappa shape index (κ2) is 11.3. The van der Waals surface area contributed by atoms with Crippen molar-refractivity contribution in [3.63, 3.8) is 0 Å². The zero-order valence-corrected chi connectivity index (χ0v) is 16.0. The zero-order valence-electron chi connectivity index (χ0n) is 14.4. The van der Waals surface area contributed by atoms with E-state index in [-0.39, 0.29) is 23.6 Å². The fraction of sp³-hybridized carbons (Fsp3) is 0.824. The molecule has 0 spiro atoms. The normalized spacial score (nSPS) is 23.3. The SMILES string of the molecule is CCOC(CCC=N)C1C(=O)CC(C(SCC)SCC)CC1=O. The van der Waals surface area contributed by atoms with Gasteiger partial charge in [0.25, 0.3) is 0 Å². The first-order chi connectivity index (χ1) is 11.1. The molecular weight excluding hydrogens is 330 g/mol. The van der Waals surface area contributed by atoms with Crippen molar-refractivity contribution in [3.8, 4) is 0 Å². The summed E-state index contributed by atoms with van der Waals surface area (Å²) >= 11 is 3.69. The number of nitrogens with one attached hydrogen (secondary N) is 1. The highest BCUT2D eigenvalue weighted by Crippen LogP contribution is 2.39. The van der Waals surface area contributed by atoms with E-state index in [2.05, 4.69) is 13.8 Å². The molecule has 132 valence electrons. The molecule has 0 aromatic carbocycles. The van der Waals surface area contributed by atoms with Crippen LogP contribution in [-0.4, -0.2) is 46.6 Å². The van der Waals surface area contributed by atoms with Gasteiger partial charge < -0.3 is 10.1 Å². The van der Waals surface area contributed by atoms with Gasteiger partial charge in [0.2, 0.25) is 0 Å². The molecule has 0 bridgehead atoms. The summed E-state index contributed by atoms with van der Waals surface area (Å²) in [5.41, 5.74) is 0. The van der Waals surface area contributed by atoms with E-state index in [4.69, 9.17) is 10.1 Å². The molecule has 1 aliphatic carbocycles. The summed E-state index contributed by atoms with van der Waals surface area (Å²) < 4.78 is 5.98. The van der Waals surface area contributed by atoms with Gasteiger partial charge in [0.15, 0.2) is 0 Å². The molecule has 4 nitrogen and oxygen atoms in total. The minimum Gasteiger partial charge on any atom is -0.377 e. The molecule has 0 amide bonds. The third kappa shape index (κ3) is 6.24. The van der Waals surface area contributed by atoms with Crippen LogP contribution in [0.5, 0.6) is 0 Å². The highest BCUT2D eigenvalue weighted by Gasteiger charge is 2.42. The van der Waals surface area contributed by atoms with Crippen molar-refractivity contribution in [1.82, 2.24) is 0 Å². The molecule has 0 aromatic rings. The lowest BCUT2D eigenvalue weighted by Gasteiger charge is -2.34. The number of thioether (sulfide) groups is 2. The number of hydrogen-bond donors (Lipinski definition) is 1. The van der Waals surface area contributed by atoms with Crippen molar-refractivity contribution in [2.24, 2.45) is 11.8 Å². The van der Waals surface area contributed by atoms with E-state index in [1.165, 1.54) is 6.21 Å². The first-order valence-electron chi connectivity index (χ1n) is 8.48. The smallest absolute Gasteiger partial charge is 0.146 e. The molecule has 1 atom stereocenters. The lowest BCUT2D eigenvalue weighted by molar-refractivity contribution is -0.144. The summed E-state index contributed by atoms with van der Waals surface area (Å²) in [6.45, 7) is 6.60. The Labute approximate surface area is 148 Å². The van der Waals surface area contributed by atoms with Crippen molar-refractivity contribution in [2.75, 3.05) is 18.1 Å². The molecule has 6 heteroatoms. The first-order valence-corrected chi connectivity index (χ1v) is 10.6. The summed E-state index contributed by atoms with van der Waals surface area (Å²) in [4.78, 5) is 25.3. The average molecular weight is 360 g/mol. The summed E-state index contributed by atoms with van der Waals surface area (Å²) in [5, 5.41) is 7.17. The zero-order chi connectivity index (χ0) is 17.2. The monoisotopic (exact) mass is 359 g/mol. The summed E-state index contributed by atoms with van der Waals surface area (Å²) in [6, 6.07) is 0. The van der Waals surface area contributed by atoms with Crippen molar-refractivity contribution in [1.29, 1.82) is 5.41 Å². The Bertz CT molecular complexity index is 379. The lowest BCUT2D eigenvalue weighted by atomic mass is 9.77. The van der Waals surface area contributed by atoms with Gasteiger partial charge in [0, 0.05) is 19.4 Å². The molecule has 1 fully saturated rings. The molecule has 1 N–H and O–H groups in total. The Hall–Kier alpha value is -0.330. The van der Waals surface area contributed by atoms with Crippen molar-refractivity contribution in [2.45, 2.75) is 57.1 Å². The van der Waals surface area contributed by atoms with Gasteiger partial charge >= 0.3 is 0 Å². The van der Waals surface area contributed by atoms with Gasteiger partial charge in [-0.15, -0.1) is 23.5 Å². The number of carbonyl (C=O) groups excluding carboxylic acids is 2. The van der Waals surface area contributed by atoms with Crippen LogP contribution in [-0.2, 0) is 14.3 Å². The Morgan fingerprint density at radius 3 is 2.17 bits per heavy atom. The number of hydrogen-bond acceptors (Lipinski definition) is 6. The van der Waals surface area contributed by atoms with Crippen LogP contribution in [0.25, 0.3) is 0 Å². The maximum Gasteiger partial charge on any atom is 0.146 e. The summed E-state index contributed by atoms with van der Waals surface area (Å²) in [5.74, 6) is 1.60. The predicted octanol–water partition coefficient (Wildman–Crippen LogP) is 3.82. The van der Waals surface area contributed by atoms with E-state index >= 15 is 0 Å². The van der Waals surface area contributed by atoms with Crippen LogP contribution in [0.3, 0.4) is 0 Å². The molecule has 1 saturated carbocycles. The molecule has 0 radical (unpaired) electrons. The Morgan fingerprint density at radius 2 is 1.74 bits per heavy atom. The number of carbonyl (C=O) groups is 2. The maximum absolute atomic E-state index is 12.6. The molecule has 0 aromatic heterocycles. The number of ether oxygens (including phenoxy) is 1. The van der Waals surface area contributed by atoms with Crippen LogP contribution >= 0.6 is 23.5 Å². The van der Waals surface area contributed by atoms with Gasteiger partial charge in [-0.05, 0) is 43.4 Å². The van der Waals surface area contributed by atoms with E-state index in [0.717, 1.165) is 11.5 Å². The molecule has 0 heterocycles. The summed E-state index contributed by atoms with van der Waals surface area (Å²) in [7, 11) is 0. The standard InChI is InChI=1S/C17H29NO3S2/c1-4-21-15(8-7-9-18)16-13(19)10-12(11-14(16)20)17(22-5-2)23-6-3/h9,12,15-18H,4-8,10-11H2,1-3H3. The molecule has 0 saturated heterocycles. The third-order valence-electron chi connectivity index (χ3n) is 4.02. The van der Waals surface area contributed by atoms with E-state index < -0.39 is 5.92 Å². The molecule has 0 aliphatic heterocycles. The Kier molecular flexibility index (Phi) is 10.1. The van der Waals surface area contributed by atoms with E-state index in [0.29, 0.717) is 36.9 Å². The van der Waals surface area contributed by atoms with E-state index in [9.17, 15) is 9.59 Å². The third-order valence-corrected chi connectivity index (χ3v) is 6.93. The minimum absolute atomic E-state index is 0.0353. The molecule has 1 rings (SSSR count). The van der Waals surface area contributed by atoms with Gasteiger partial charge in [0.1, 0.15) is 17.5 Å². The van der Waals surface area contributed by atoms with Gasteiger partial charge in [-0.2, -0.15) is 0 Å². The van der Waals surface area contributed by atoms with Crippen molar-refractivity contribution < 1.29 is 14.3 Å².